The summed E-state index contributed by atoms with van der Waals surface area (Å²) in [5.41, 5.74) is 3.74. The molecule has 4 heteroatoms. The van der Waals surface area contributed by atoms with Gasteiger partial charge in [0, 0.05) is 17.0 Å². The lowest BCUT2D eigenvalue weighted by molar-refractivity contribution is -0.115. The molecule has 0 bridgehead atoms. The van der Waals surface area contributed by atoms with Gasteiger partial charge in [-0.3, -0.25) is 9.59 Å². The maximum atomic E-state index is 12.3. The fourth-order valence-electron chi connectivity index (χ4n) is 2.12. The van der Waals surface area contributed by atoms with Crippen LogP contribution in [0.15, 0.2) is 48.5 Å². The van der Waals surface area contributed by atoms with E-state index in [4.69, 9.17) is 0 Å². The summed E-state index contributed by atoms with van der Waals surface area (Å²) < 4.78 is 0. The number of rotatable bonds is 6. The zero-order valence-electron chi connectivity index (χ0n) is 13.6. The maximum Gasteiger partial charge on any atom is 0.237 e. The summed E-state index contributed by atoms with van der Waals surface area (Å²) in [7, 11) is 0. The number of carbonyl (C=O) groups excluding carboxylic acids is 2. The van der Waals surface area contributed by atoms with E-state index in [0.717, 1.165) is 5.75 Å². The molecule has 23 heavy (non-hydrogen) atoms. The van der Waals surface area contributed by atoms with Crippen molar-refractivity contribution in [3.8, 4) is 0 Å². The van der Waals surface area contributed by atoms with Crippen molar-refractivity contribution in [2.45, 2.75) is 31.8 Å². The van der Waals surface area contributed by atoms with Gasteiger partial charge in [0.2, 0.25) is 5.91 Å². The van der Waals surface area contributed by atoms with Crippen LogP contribution in [0.5, 0.6) is 0 Å². The van der Waals surface area contributed by atoms with Crippen molar-refractivity contribution in [3.05, 3.63) is 65.2 Å². The van der Waals surface area contributed by atoms with E-state index in [1.165, 1.54) is 18.1 Å². The molecule has 2 rings (SSSR count). The average molecular weight is 327 g/mol. The standard InChI is InChI=1S/C19H21NO2S/c1-13-7-4-5-8-17(13)12-23-15(3)19(22)20-18-10-6-9-16(11-18)14(2)21/h4-11,15H,12H2,1-3H3,(H,20,22). The molecular formula is C19H21NO2S. The van der Waals surface area contributed by atoms with Crippen LogP contribution in [-0.2, 0) is 10.5 Å². The zero-order chi connectivity index (χ0) is 16.8. The van der Waals surface area contributed by atoms with E-state index < -0.39 is 0 Å². The van der Waals surface area contributed by atoms with Crippen LogP contribution in [0.25, 0.3) is 0 Å². The minimum atomic E-state index is -0.171. The Morgan fingerprint density at radius 3 is 2.57 bits per heavy atom. The van der Waals surface area contributed by atoms with Gasteiger partial charge in [0.1, 0.15) is 0 Å². The smallest absolute Gasteiger partial charge is 0.237 e. The number of ketones is 1. The Labute approximate surface area is 141 Å². The molecule has 120 valence electrons. The number of Topliss-reactive ketones (excluding diaryl/α,β-unsaturated/α-hetero) is 1. The van der Waals surface area contributed by atoms with Crippen LogP contribution < -0.4 is 5.32 Å². The van der Waals surface area contributed by atoms with E-state index in [2.05, 4.69) is 24.4 Å². The third kappa shape index (κ3) is 4.96. The summed E-state index contributed by atoms with van der Waals surface area (Å²) in [6.07, 6.45) is 0. The molecule has 0 aliphatic carbocycles. The van der Waals surface area contributed by atoms with Crippen molar-refractivity contribution >= 4 is 29.1 Å². The lowest BCUT2D eigenvalue weighted by atomic mass is 10.1. The van der Waals surface area contributed by atoms with Crippen LogP contribution >= 0.6 is 11.8 Å². The highest BCUT2D eigenvalue weighted by Crippen LogP contribution is 2.21. The lowest BCUT2D eigenvalue weighted by Crippen LogP contribution is -2.22. The Kier molecular flexibility index (Phi) is 5.99. The van der Waals surface area contributed by atoms with Crippen LogP contribution in [0, 0.1) is 6.92 Å². The average Bonchev–Trinajstić information content (AvgIpc) is 2.54. The molecule has 0 saturated carbocycles. The van der Waals surface area contributed by atoms with Gasteiger partial charge < -0.3 is 5.32 Å². The fourth-order valence-corrected chi connectivity index (χ4v) is 3.09. The Bertz CT molecular complexity index is 712. The van der Waals surface area contributed by atoms with Gasteiger partial charge in [-0.2, -0.15) is 0 Å². The molecule has 0 radical (unpaired) electrons. The van der Waals surface area contributed by atoms with Gasteiger partial charge in [-0.15, -0.1) is 11.8 Å². The fraction of sp³-hybridized carbons (Fsp3) is 0.263. The van der Waals surface area contributed by atoms with Crippen LogP contribution in [0.4, 0.5) is 5.69 Å². The van der Waals surface area contributed by atoms with E-state index in [-0.39, 0.29) is 16.9 Å². The van der Waals surface area contributed by atoms with Crippen molar-refractivity contribution in [1.82, 2.24) is 0 Å². The maximum absolute atomic E-state index is 12.3. The first-order chi connectivity index (χ1) is 11.0. The first-order valence-electron chi connectivity index (χ1n) is 7.55. The van der Waals surface area contributed by atoms with Crippen molar-refractivity contribution in [2.75, 3.05) is 5.32 Å². The molecule has 0 saturated heterocycles. The summed E-state index contributed by atoms with van der Waals surface area (Å²) in [4.78, 5) is 23.7. The number of aryl methyl sites for hydroxylation is 1. The van der Waals surface area contributed by atoms with Crippen LogP contribution in [-0.4, -0.2) is 16.9 Å². The number of nitrogens with one attached hydrogen (secondary N) is 1. The highest BCUT2D eigenvalue weighted by Gasteiger charge is 2.14. The molecule has 0 aliphatic heterocycles. The second-order valence-electron chi connectivity index (χ2n) is 5.51. The summed E-state index contributed by atoms with van der Waals surface area (Å²) in [5.74, 6) is 0.738. The summed E-state index contributed by atoms with van der Waals surface area (Å²) in [5, 5.41) is 2.71. The van der Waals surface area contributed by atoms with Gasteiger partial charge in [0.15, 0.2) is 5.78 Å². The normalized spacial score (nSPS) is 11.8. The molecule has 0 aliphatic rings. The van der Waals surface area contributed by atoms with E-state index in [1.54, 1.807) is 36.0 Å². The third-order valence-electron chi connectivity index (χ3n) is 3.66. The SMILES string of the molecule is CC(=O)c1cccc(NC(=O)C(C)SCc2ccccc2C)c1. The van der Waals surface area contributed by atoms with Gasteiger partial charge in [-0.25, -0.2) is 0 Å². The predicted molar refractivity (Wildman–Crippen MR) is 97.0 cm³/mol. The molecule has 2 aromatic carbocycles. The molecule has 1 unspecified atom stereocenters. The van der Waals surface area contributed by atoms with Crippen LogP contribution in [0.1, 0.15) is 35.3 Å². The van der Waals surface area contributed by atoms with E-state index in [9.17, 15) is 9.59 Å². The molecule has 0 aromatic heterocycles. The predicted octanol–water partition coefficient (Wildman–Crippen LogP) is 4.46. The molecule has 2 aromatic rings. The molecule has 1 amide bonds. The molecule has 0 fully saturated rings. The molecule has 0 spiro atoms. The second-order valence-corrected chi connectivity index (χ2v) is 6.84. The van der Waals surface area contributed by atoms with Gasteiger partial charge in [-0.05, 0) is 44.0 Å². The molecule has 3 nitrogen and oxygen atoms in total. The Morgan fingerprint density at radius 2 is 1.87 bits per heavy atom. The minimum Gasteiger partial charge on any atom is -0.325 e. The van der Waals surface area contributed by atoms with Crippen molar-refractivity contribution in [1.29, 1.82) is 0 Å². The van der Waals surface area contributed by atoms with Crippen LogP contribution in [0.3, 0.4) is 0 Å². The van der Waals surface area contributed by atoms with Crippen molar-refractivity contribution < 1.29 is 9.59 Å². The van der Waals surface area contributed by atoms with E-state index in [0.29, 0.717) is 11.3 Å². The van der Waals surface area contributed by atoms with Gasteiger partial charge in [0.05, 0.1) is 5.25 Å². The largest absolute Gasteiger partial charge is 0.325 e. The quantitative estimate of drug-likeness (QED) is 0.797. The Hall–Kier alpha value is -2.07. The number of anilines is 1. The van der Waals surface area contributed by atoms with E-state index in [1.807, 2.05) is 19.1 Å². The monoisotopic (exact) mass is 327 g/mol. The molecule has 0 heterocycles. The number of thioether (sulfide) groups is 1. The van der Waals surface area contributed by atoms with E-state index >= 15 is 0 Å². The first kappa shape index (κ1) is 17.3. The number of hydrogen-bond donors (Lipinski definition) is 1. The molecule has 1 N–H and O–H groups in total. The Morgan fingerprint density at radius 1 is 1.13 bits per heavy atom. The minimum absolute atomic E-state index is 0.0110. The summed E-state index contributed by atoms with van der Waals surface area (Å²) >= 11 is 1.60. The number of amides is 1. The molecule has 1 atom stereocenters. The highest BCUT2D eigenvalue weighted by molar-refractivity contribution is 7.99. The third-order valence-corrected chi connectivity index (χ3v) is 4.85. The van der Waals surface area contributed by atoms with Gasteiger partial charge in [0.25, 0.3) is 0 Å². The number of benzene rings is 2. The van der Waals surface area contributed by atoms with Crippen molar-refractivity contribution in [2.24, 2.45) is 0 Å². The Balaban J connectivity index is 1.94. The summed E-state index contributed by atoms with van der Waals surface area (Å²) in [6.45, 7) is 5.49. The van der Waals surface area contributed by atoms with Gasteiger partial charge >= 0.3 is 0 Å². The second kappa shape index (κ2) is 7.97. The number of carbonyl (C=O) groups is 2. The first-order valence-corrected chi connectivity index (χ1v) is 8.60. The topological polar surface area (TPSA) is 46.2 Å². The number of hydrogen-bond acceptors (Lipinski definition) is 3. The molecular weight excluding hydrogens is 306 g/mol. The van der Waals surface area contributed by atoms with Crippen LogP contribution in [0.2, 0.25) is 0 Å². The summed E-state index contributed by atoms with van der Waals surface area (Å²) in [6, 6.07) is 15.2. The van der Waals surface area contributed by atoms with Crippen molar-refractivity contribution in [3.63, 3.8) is 0 Å². The zero-order valence-corrected chi connectivity index (χ0v) is 14.4. The highest BCUT2D eigenvalue weighted by atomic mass is 32.2. The lowest BCUT2D eigenvalue weighted by Gasteiger charge is -2.13. The van der Waals surface area contributed by atoms with Gasteiger partial charge in [-0.1, -0.05) is 36.4 Å².